The molecule has 0 aliphatic carbocycles. The van der Waals surface area contributed by atoms with Crippen LogP contribution in [0.5, 0.6) is 0 Å². The molecule has 0 saturated heterocycles. The highest BCUT2D eigenvalue weighted by atomic mass is 19.1. The predicted octanol–water partition coefficient (Wildman–Crippen LogP) is 2.14. The lowest BCUT2D eigenvalue weighted by Gasteiger charge is -2.13. The molecule has 0 aliphatic rings. The molecule has 6 heteroatoms. The second-order valence-electron chi connectivity index (χ2n) is 5.09. The van der Waals surface area contributed by atoms with Crippen LogP contribution in [-0.2, 0) is 13.6 Å². The van der Waals surface area contributed by atoms with E-state index in [-0.39, 0.29) is 12.1 Å². The Morgan fingerprint density at radius 3 is 2.62 bits per heavy atom. The Kier molecular flexibility index (Phi) is 4.69. The highest BCUT2D eigenvalue weighted by molar-refractivity contribution is 5.24. The van der Waals surface area contributed by atoms with Gasteiger partial charge in [-0.15, -0.1) is 0 Å². The van der Waals surface area contributed by atoms with Gasteiger partial charge in [0.15, 0.2) is 0 Å². The van der Waals surface area contributed by atoms with Gasteiger partial charge in [-0.3, -0.25) is 4.68 Å². The van der Waals surface area contributed by atoms with Gasteiger partial charge in [-0.25, -0.2) is 8.78 Å². The van der Waals surface area contributed by atoms with Crippen molar-refractivity contribution < 1.29 is 13.9 Å². The molecule has 2 N–H and O–H groups in total. The molecule has 1 aromatic carbocycles. The van der Waals surface area contributed by atoms with Crippen molar-refractivity contribution in [3.8, 4) is 0 Å². The molecule has 0 saturated carbocycles. The lowest BCUT2D eigenvalue weighted by molar-refractivity contribution is 0.169. The molecule has 0 spiro atoms. The summed E-state index contributed by atoms with van der Waals surface area (Å²) in [5.41, 5.74) is 3.11. The predicted molar refractivity (Wildman–Crippen MR) is 75.7 cm³/mol. The van der Waals surface area contributed by atoms with Crippen molar-refractivity contribution >= 4 is 0 Å². The summed E-state index contributed by atoms with van der Waals surface area (Å²) >= 11 is 0. The minimum absolute atomic E-state index is 0.0866. The van der Waals surface area contributed by atoms with E-state index in [0.717, 1.165) is 29.1 Å². The highest BCUT2D eigenvalue weighted by Crippen LogP contribution is 2.18. The fourth-order valence-electron chi connectivity index (χ4n) is 2.29. The molecule has 2 rings (SSSR count). The standard InChI is InChI=1S/C15H19F2N3O/c1-9-13(10(2)20(3)19-9)7-18-8-15(21)12-5-4-11(16)6-14(12)17/h4-6,15,18,21H,7-8H2,1-3H3. The Bertz CT molecular complexity index is 640. The third kappa shape index (κ3) is 3.46. The van der Waals surface area contributed by atoms with Crippen LogP contribution in [-0.4, -0.2) is 21.4 Å². The maximum absolute atomic E-state index is 13.5. The van der Waals surface area contributed by atoms with Crippen molar-refractivity contribution in [2.24, 2.45) is 7.05 Å². The van der Waals surface area contributed by atoms with Crippen molar-refractivity contribution in [2.75, 3.05) is 6.54 Å². The number of benzene rings is 1. The molecule has 0 amide bonds. The zero-order chi connectivity index (χ0) is 15.6. The van der Waals surface area contributed by atoms with Gasteiger partial charge in [-0.1, -0.05) is 6.07 Å². The zero-order valence-electron chi connectivity index (χ0n) is 12.3. The lowest BCUT2D eigenvalue weighted by Crippen LogP contribution is -2.22. The number of halogens is 2. The van der Waals surface area contributed by atoms with Gasteiger partial charge in [-0.2, -0.15) is 5.10 Å². The molecule has 1 atom stereocenters. The highest BCUT2D eigenvalue weighted by Gasteiger charge is 2.14. The van der Waals surface area contributed by atoms with E-state index in [9.17, 15) is 13.9 Å². The summed E-state index contributed by atoms with van der Waals surface area (Å²) in [5.74, 6) is -1.39. The van der Waals surface area contributed by atoms with Gasteiger partial charge in [0, 0.05) is 43.0 Å². The van der Waals surface area contributed by atoms with Crippen LogP contribution in [0.4, 0.5) is 8.78 Å². The Labute approximate surface area is 122 Å². The first-order valence-electron chi connectivity index (χ1n) is 6.73. The number of aliphatic hydroxyl groups is 1. The van der Waals surface area contributed by atoms with Gasteiger partial charge in [-0.05, 0) is 19.9 Å². The molecule has 0 radical (unpaired) electrons. The van der Waals surface area contributed by atoms with Crippen LogP contribution in [0.1, 0.15) is 28.6 Å². The number of aromatic nitrogens is 2. The second-order valence-corrected chi connectivity index (χ2v) is 5.09. The van der Waals surface area contributed by atoms with E-state index in [0.29, 0.717) is 6.54 Å². The van der Waals surface area contributed by atoms with E-state index >= 15 is 0 Å². The van der Waals surface area contributed by atoms with E-state index < -0.39 is 17.7 Å². The van der Waals surface area contributed by atoms with E-state index in [2.05, 4.69) is 10.4 Å². The number of nitrogens with zero attached hydrogens (tertiary/aromatic N) is 2. The van der Waals surface area contributed by atoms with Crippen LogP contribution in [0.3, 0.4) is 0 Å². The monoisotopic (exact) mass is 295 g/mol. The lowest BCUT2D eigenvalue weighted by atomic mass is 10.1. The SMILES string of the molecule is Cc1nn(C)c(C)c1CNCC(O)c1ccc(F)cc1F. The van der Waals surface area contributed by atoms with Crippen LogP contribution >= 0.6 is 0 Å². The third-order valence-corrected chi connectivity index (χ3v) is 3.62. The number of aryl methyl sites for hydroxylation is 2. The summed E-state index contributed by atoms with van der Waals surface area (Å²) < 4.78 is 28.2. The fraction of sp³-hybridized carbons (Fsp3) is 0.400. The molecule has 21 heavy (non-hydrogen) atoms. The average molecular weight is 295 g/mol. The largest absolute Gasteiger partial charge is 0.387 e. The molecular weight excluding hydrogens is 276 g/mol. The summed E-state index contributed by atoms with van der Waals surface area (Å²) in [6, 6.07) is 3.17. The van der Waals surface area contributed by atoms with Crippen LogP contribution in [0.2, 0.25) is 0 Å². The summed E-state index contributed by atoms with van der Waals surface area (Å²) in [4.78, 5) is 0. The number of hydrogen-bond acceptors (Lipinski definition) is 3. The molecule has 4 nitrogen and oxygen atoms in total. The van der Waals surface area contributed by atoms with Crippen molar-refractivity contribution in [3.63, 3.8) is 0 Å². The summed E-state index contributed by atoms with van der Waals surface area (Å²) in [7, 11) is 1.87. The molecule has 0 fully saturated rings. The summed E-state index contributed by atoms with van der Waals surface area (Å²) in [6.45, 7) is 4.59. The fourth-order valence-corrected chi connectivity index (χ4v) is 2.29. The van der Waals surface area contributed by atoms with E-state index in [1.165, 1.54) is 6.07 Å². The minimum Gasteiger partial charge on any atom is -0.387 e. The second kappa shape index (κ2) is 6.32. The Hall–Kier alpha value is -1.79. The van der Waals surface area contributed by atoms with Gasteiger partial charge < -0.3 is 10.4 Å². The topological polar surface area (TPSA) is 50.1 Å². The Morgan fingerprint density at radius 1 is 1.33 bits per heavy atom. The van der Waals surface area contributed by atoms with Crippen LogP contribution in [0.25, 0.3) is 0 Å². The van der Waals surface area contributed by atoms with Gasteiger partial charge in [0.05, 0.1) is 11.8 Å². The van der Waals surface area contributed by atoms with Gasteiger partial charge in [0.25, 0.3) is 0 Å². The van der Waals surface area contributed by atoms with Crippen LogP contribution in [0, 0.1) is 25.5 Å². The van der Waals surface area contributed by atoms with E-state index in [1.807, 2.05) is 20.9 Å². The number of nitrogens with one attached hydrogen (secondary N) is 1. The minimum atomic E-state index is -1.03. The van der Waals surface area contributed by atoms with Crippen molar-refractivity contribution in [2.45, 2.75) is 26.5 Å². The molecule has 0 aliphatic heterocycles. The first-order chi connectivity index (χ1) is 9.90. The van der Waals surface area contributed by atoms with Crippen LogP contribution in [0.15, 0.2) is 18.2 Å². The van der Waals surface area contributed by atoms with Crippen molar-refractivity contribution in [1.29, 1.82) is 0 Å². The maximum atomic E-state index is 13.5. The normalized spacial score (nSPS) is 12.7. The van der Waals surface area contributed by atoms with Gasteiger partial charge in [0.1, 0.15) is 11.6 Å². The average Bonchev–Trinajstić information content (AvgIpc) is 2.64. The first-order valence-corrected chi connectivity index (χ1v) is 6.73. The molecule has 1 unspecified atom stereocenters. The molecule has 1 aromatic heterocycles. The molecular formula is C15H19F2N3O. The Balaban J connectivity index is 1.97. The molecule has 1 heterocycles. The smallest absolute Gasteiger partial charge is 0.131 e. The molecule has 114 valence electrons. The quantitative estimate of drug-likeness (QED) is 0.888. The van der Waals surface area contributed by atoms with Crippen LogP contribution < -0.4 is 5.32 Å². The number of hydrogen-bond donors (Lipinski definition) is 2. The Morgan fingerprint density at radius 2 is 2.05 bits per heavy atom. The zero-order valence-corrected chi connectivity index (χ0v) is 12.3. The van der Waals surface area contributed by atoms with Crippen molar-refractivity contribution in [3.05, 3.63) is 52.3 Å². The van der Waals surface area contributed by atoms with Crippen molar-refractivity contribution in [1.82, 2.24) is 15.1 Å². The number of aliphatic hydroxyl groups excluding tert-OH is 1. The number of rotatable bonds is 5. The van der Waals surface area contributed by atoms with E-state index in [4.69, 9.17) is 0 Å². The van der Waals surface area contributed by atoms with E-state index in [1.54, 1.807) is 4.68 Å². The molecule has 2 aromatic rings. The first kappa shape index (κ1) is 15.6. The third-order valence-electron chi connectivity index (χ3n) is 3.62. The van der Waals surface area contributed by atoms with Gasteiger partial charge in [0.2, 0.25) is 0 Å². The summed E-state index contributed by atoms with van der Waals surface area (Å²) in [5, 5.41) is 17.3. The maximum Gasteiger partial charge on any atom is 0.131 e. The van der Waals surface area contributed by atoms with Gasteiger partial charge >= 0.3 is 0 Å². The molecule has 0 bridgehead atoms. The summed E-state index contributed by atoms with van der Waals surface area (Å²) in [6.07, 6.45) is -1.03.